The van der Waals surface area contributed by atoms with Gasteiger partial charge in [0.05, 0.1) is 0 Å². The van der Waals surface area contributed by atoms with E-state index < -0.39 is 0 Å². The molecule has 0 aliphatic rings. The fourth-order valence-electron chi connectivity index (χ4n) is 2.05. The zero-order chi connectivity index (χ0) is 13.8. The molecule has 0 amide bonds. The molecule has 0 aliphatic carbocycles. The highest BCUT2D eigenvalue weighted by Gasteiger charge is 2.04. The van der Waals surface area contributed by atoms with Crippen molar-refractivity contribution in [3.8, 4) is 11.1 Å². The van der Waals surface area contributed by atoms with Crippen LogP contribution in [0.5, 0.6) is 0 Å². The van der Waals surface area contributed by atoms with Gasteiger partial charge < -0.3 is 5.32 Å². The number of hydrogen-bond acceptors (Lipinski definition) is 4. The first-order valence-electron chi connectivity index (χ1n) is 6.49. The van der Waals surface area contributed by atoms with Crippen LogP contribution in [0.2, 0.25) is 0 Å². The van der Waals surface area contributed by atoms with Crippen LogP contribution in [0.4, 0.5) is 5.13 Å². The SMILES string of the molecule is CNc1nnc(Cc2ccc(-c3ccccc3)cc2)s1. The predicted octanol–water partition coefficient (Wildman–Crippen LogP) is 3.84. The molecule has 0 saturated carbocycles. The zero-order valence-electron chi connectivity index (χ0n) is 11.2. The van der Waals surface area contributed by atoms with Gasteiger partial charge >= 0.3 is 0 Å². The summed E-state index contributed by atoms with van der Waals surface area (Å²) in [4.78, 5) is 0. The standard InChI is InChI=1S/C16H15N3S/c1-17-16-19-18-15(20-16)11-12-7-9-14(10-8-12)13-5-3-2-4-6-13/h2-10H,11H2,1H3,(H,17,19). The Labute approximate surface area is 122 Å². The second-order valence-corrected chi connectivity index (χ2v) is 5.55. The molecule has 0 saturated heterocycles. The van der Waals surface area contributed by atoms with Crippen molar-refractivity contribution in [1.29, 1.82) is 0 Å². The van der Waals surface area contributed by atoms with Gasteiger partial charge in [0.15, 0.2) is 0 Å². The molecule has 3 nitrogen and oxygen atoms in total. The van der Waals surface area contributed by atoms with Crippen molar-refractivity contribution >= 4 is 16.5 Å². The molecule has 2 aromatic carbocycles. The highest BCUT2D eigenvalue weighted by Crippen LogP contribution is 2.22. The van der Waals surface area contributed by atoms with E-state index in [1.807, 2.05) is 13.1 Å². The molecular formula is C16H15N3S. The molecule has 0 aliphatic heterocycles. The summed E-state index contributed by atoms with van der Waals surface area (Å²) in [6.45, 7) is 0. The van der Waals surface area contributed by atoms with Gasteiger partial charge in [-0.3, -0.25) is 0 Å². The average molecular weight is 281 g/mol. The minimum Gasteiger partial charge on any atom is -0.363 e. The molecule has 4 heteroatoms. The molecular weight excluding hydrogens is 266 g/mol. The molecule has 0 spiro atoms. The monoisotopic (exact) mass is 281 g/mol. The summed E-state index contributed by atoms with van der Waals surface area (Å²) in [6, 6.07) is 19.0. The molecule has 100 valence electrons. The topological polar surface area (TPSA) is 37.8 Å². The molecule has 1 heterocycles. The van der Waals surface area contributed by atoms with E-state index in [0.717, 1.165) is 16.6 Å². The van der Waals surface area contributed by atoms with Gasteiger partial charge in [-0.1, -0.05) is 65.9 Å². The van der Waals surface area contributed by atoms with Crippen molar-refractivity contribution in [2.24, 2.45) is 0 Å². The van der Waals surface area contributed by atoms with Gasteiger partial charge in [0.25, 0.3) is 0 Å². The van der Waals surface area contributed by atoms with Crippen molar-refractivity contribution in [2.45, 2.75) is 6.42 Å². The molecule has 0 unspecified atom stereocenters. The number of hydrogen-bond donors (Lipinski definition) is 1. The van der Waals surface area contributed by atoms with Crippen molar-refractivity contribution in [3.63, 3.8) is 0 Å². The number of benzene rings is 2. The third kappa shape index (κ3) is 2.86. The zero-order valence-corrected chi connectivity index (χ0v) is 12.0. The molecule has 3 rings (SSSR count). The molecule has 3 aromatic rings. The maximum atomic E-state index is 4.17. The van der Waals surface area contributed by atoms with E-state index >= 15 is 0 Å². The molecule has 0 bridgehead atoms. The Hall–Kier alpha value is -2.20. The summed E-state index contributed by atoms with van der Waals surface area (Å²) in [7, 11) is 1.86. The third-order valence-electron chi connectivity index (χ3n) is 3.10. The minimum absolute atomic E-state index is 0.828. The maximum Gasteiger partial charge on any atom is 0.205 e. The van der Waals surface area contributed by atoms with Gasteiger partial charge in [0, 0.05) is 13.5 Å². The second kappa shape index (κ2) is 5.84. The Kier molecular flexibility index (Phi) is 3.74. The van der Waals surface area contributed by atoms with Crippen LogP contribution in [0.25, 0.3) is 11.1 Å². The quantitative estimate of drug-likeness (QED) is 0.789. The Morgan fingerprint density at radius 3 is 2.25 bits per heavy atom. The van der Waals surface area contributed by atoms with Gasteiger partial charge in [-0.25, -0.2) is 0 Å². The lowest BCUT2D eigenvalue weighted by Crippen LogP contribution is -1.87. The summed E-state index contributed by atoms with van der Waals surface area (Å²) in [5, 5.41) is 13.1. The smallest absolute Gasteiger partial charge is 0.205 e. The predicted molar refractivity (Wildman–Crippen MR) is 84.1 cm³/mol. The van der Waals surface area contributed by atoms with Gasteiger partial charge in [-0.05, 0) is 16.7 Å². The summed E-state index contributed by atoms with van der Waals surface area (Å²) < 4.78 is 0. The van der Waals surface area contributed by atoms with Crippen LogP contribution in [-0.4, -0.2) is 17.2 Å². The lowest BCUT2D eigenvalue weighted by Gasteiger charge is -2.03. The maximum absolute atomic E-state index is 4.17. The lowest BCUT2D eigenvalue weighted by molar-refractivity contribution is 1.00. The van der Waals surface area contributed by atoms with E-state index in [1.54, 1.807) is 11.3 Å². The van der Waals surface area contributed by atoms with Crippen LogP contribution in [0, 0.1) is 0 Å². The first-order chi connectivity index (χ1) is 9.85. The summed E-state index contributed by atoms with van der Waals surface area (Å²) in [6.07, 6.45) is 0.828. The van der Waals surface area contributed by atoms with E-state index in [9.17, 15) is 0 Å². The molecule has 0 fully saturated rings. The Morgan fingerprint density at radius 1 is 0.900 bits per heavy atom. The second-order valence-electron chi connectivity index (χ2n) is 4.49. The summed E-state index contributed by atoms with van der Waals surface area (Å²) in [5.41, 5.74) is 3.73. The van der Waals surface area contributed by atoms with Crippen molar-refractivity contribution < 1.29 is 0 Å². The molecule has 0 radical (unpaired) electrons. The molecule has 20 heavy (non-hydrogen) atoms. The number of aromatic nitrogens is 2. The Morgan fingerprint density at radius 2 is 1.60 bits per heavy atom. The summed E-state index contributed by atoms with van der Waals surface area (Å²) in [5.74, 6) is 0. The number of nitrogens with one attached hydrogen (secondary N) is 1. The van der Waals surface area contributed by atoms with Crippen molar-refractivity contribution in [2.75, 3.05) is 12.4 Å². The Bertz CT molecular complexity index is 674. The van der Waals surface area contributed by atoms with Crippen molar-refractivity contribution in [1.82, 2.24) is 10.2 Å². The van der Waals surface area contributed by atoms with E-state index in [2.05, 4.69) is 64.0 Å². The number of rotatable bonds is 4. The molecule has 1 aromatic heterocycles. The average Bonchev–Trinajstić information content (AvgIpc) is 2.97. The molecule has 0 atom stereocenters. The van der Waals surface area contributed by atoms with Crippen LogP contribution in [-0.2, 0) is 6.42 Å². The highest BCUT2D eigenvalue weighted by molar-refractivity contribution is 7.15. The van der Waals surface area contributed by atoms with Crippen LogP contribution < -0.4 is 5.32 Å². The van der Waals surface area contributed by atoms with E-state index in [-0.39, 0.29) is 0 Å². The molecule has 1 N–H and O–H groups in total. The third-order valence-corrected chi connectivity index (χ3v) is 4.04. The van der Waals surface area contributed by atoms with Gasteiger partial charge in [-0.2, -0.15) is 0 Å². The summed E-state index contributed by atoms with van der Waals surface area (Å²) >= 11 is 1.59. The van der Waals surface area contributed by atoms with E-state index in [4.69, 9.17) is 0 Å². The Balaban J connectivity index is 1.76. The van der Waals surface area contributed by atoms with Crippen molar-refractivity contribution in [3.05, 3.63) is 65.2 Å². The fourth-order valence-corrected chi connectivity index (χ4v) is 2.77. The van der Waals surface area contributed by atoms with Crippen LogP contribution >= 0.6 is 11.3 Å². The van der Waals surface area contributed by atoms with E-state index in [0.29, 0.717) is 0 Å². The highest BCUT2D eigenvalue weighted by atomic mass is 32.1. The van der Waals surface area contributed by atoms with E-state index in [1.165, 1.54) is 16.7 Å². The minimum atomic E-state index is 0.828. The van der Waals surface area contributed by atoms with Gasteiger partial charge in [0.2, 0.25) is 5.13 Å². The largest absolute Gasteiger partial charge is 0.363 e. The first-order valence-corrected chi connectivity index (χ1v) is 7.31. The van der Waals surface area contributed by atoms with Gasteiger partial charge in [0.1, 0.15) is 5.01 Å². The lowest BCUT2D eigenvalue weighted by atomic mass is 10.0. The van der Waals surface area contributed by atoms with Gasteiger partial charge in [-0.15, -0.1) is 10.2 Å². The fraction of sp³-hybridized carbons (Fsp3) is 0.125. The number of nitrogens with zero attached hydrogens (tertiary/aromatic N) is 2. The van der Waals surface area contributed by atoms with Crippen LogP contribution in [0.1, 0.15) is 10.6 Å². The van der Waals surface area contributed by atoms with Crippen LogP contribution in [0.15, 0.2) is 54.6 Å². The number of anilines is 1. The van der Waals surface area contributed by atoms with Crippen LogP contribution in [0.3, 0.4) is 0 Å². The normalized spacial score (nSPS) is 10.4. The first kappa shape index (κ1) is 12.8.